The number of hydrogen-bond donors (Lipinski definition) is 1. The normalized spacial score (nSPS) is 18.6. The lowest BCUT2D eigenvalue weighted by molar-refractivity contribution is 0.329. The lowest BCUT2D eigenvalue weighted by Crippen LogP contribution is -2.43. The summed E-state index contributed by atoms with van der Waals surface area (Å²) >= 11 is 1.60. The third kappa shape index (κ3) is 3.90. The molecule has 5 nitrogen and oxygen atoms in total. The maximum Gasteiger partial charge on any atom is 0.214 e. The number of aromatic nitrogens is 1. The minimum Gasteiger partial charge on any atom is -0.359 e. The van der Waals surface area contributed by atoms with E-state index >= 15 is 0 Å². The molecule has 0 spiro atoms. The summed E-state index contributed by atoms with van der Waals surface area (Å²) in [5.41, 5.74) is 1.02. The van der Waals surface area contributed by atoms with Crippen LogP contribution in [0.5, 0.6) is 0 Å². The van der Waals surface area contributed by atoms with Crippen molar-refractivity contribution < 1.29 is 8.42 Å². The Morgan fingerprint density at radius 2 is 2.16 bits per heavy atom. The van der Waals surface area contributed by atoms with Gasteiger partial charge in [-0.3, -0.25) is 0 Å². The molecule has 0 aliphatic carbocycles. The van der Waals surface area contributed by atoms with Crippen molar-refractivity contribution >= 4 is 26.5 Å². The van der Waals surface area contributed by atoms with Crippen LogP contribution in [0.1, 0.15) is 31.9 Å². The van der Waals surface area contributed by atoms with Crippen LogP contribution < -0.4 is 5.32 Å². The smallest absolute Gasteiger partial charge is 0.214 e. The summed E-state index contributed by atoms with van der Waals surface area (Å²) in [4.78, 5) is 4.38. The molecule has 0 radical (unpaired) electrons. The number of rotatable bonds is 5. The van der Waals surface area contributed by atoms with Crippen molar-refractivity contribution in [1.82, 2.24) is 9.29 Å². The summed E-state index contributed by atoms with van der Waals surface area (Å²) in [6, 6.07) is 0.332. The SMILES string of the molecule is CCCS(=O)(=O)N1CCC(Nc2nc(C)cs2)CC1. The molecule has 1 aromatic heterocycles. The van der Waals surface area contributed by atoms with E-state index in [0.717, 1.165) is 23.7 Å². The Morgan fingerprint density at radius 1 is 1.47 bits per heavy atom. The van der Waals surface area contributed by atoms with Gasteiger partial charge in [0.25, 0.3) is 0 Å². The van der Waals surface area contributed by atoms with Crippen LogP contribution >= 0.6 is 11.3 Å². The van der Waals surface area contributed by atoms with Gasteiger partial charge in [0.05, 0.1) is 11.4 Å². The van der Waals surface area contributed by atoms with E-state index in [1.54, 1.807) is 15.6 Å². The zero-order valence-electron chi connectivity index (χ0n) is 11.4. The molecule has 1 saturated heterocycles. The second kappa shape index (κ2) is 6.19. The number of anilines is 1. The van der Waals surface area contributed by atoms with E-state index in [1.165, 1.54) is 0 Å². The summed E-state index contributed by atoms with van der Waals surface area (Å²) in [7, 11) is -3.03. The molecule has 19 heavy (non-hydrogen) atoms. The number of piperidine rings is 1. The fourth-order valence-corrected chi connectivity index (χ4v) is 4.57. The van der Waals surface area contributed by atoms with Gasteiger partial charge in [-0.15, -0.1) is 11.3 Å². The fraction of sp³-hybridized carbons (Fsp3) is 0.750. The highest BCUT2D eigenvalue weighted by Gasteiger charge is 2.27. The van der Waals surface area contributed by atoms with Crippen molar-refractivity contribution in [3.63, 3.8) is 0 Å². The van der Waals surface area contributed by atoms with E-state index in [-0.39, 0.29) is 5.75 Å². The van der Waals surface area contributed by atoms with Crippen LogP contribution in [0.25, 0.3) is 0 Å². The Hall–Kier alpha value is -0.660. The molecule has 0 amide bonds. The van der Waals surface area contributed by atoms with Gasteiger partial charge in [0.1, 0.15) is 0 Å². The van der Waals surface area contributed by atoms with E-state index in [1.807, 2.05) is 19.2 Å². The Balaban J connectivity index is 1.86. The zero-order chi connectivity index (χ0) is 13.9. The summed E-state index contributed by atoms with van der Waals surface area (Å²) < 4.78 is 25.5. The van der Waals surface area contributed by atoms with Crippen LogP contribution in [0.4, 0.5) is 5.13 Å². The maximum absolute atomic E-state index is 11.9. The van der Waals surface area contributed by atoms with Crippen molar-refractivity contribution in [2.45, 2.75) is 39.2 Å². The summed E-state index contributed by atoms with van der Waals surface area (Å²) in [5, 5.41) is 6.35. The van der Waals surface area contributed by atoms with Crippen molar-refractivity contribution in [2.75, 3.05) is 24.2 Å². The molecule has 0 atom stereocenters. The van der Waals surface area contributed by atoms with Gasteiger partial charge in [-0.25, -0.2) is 17.7 Å². The second-order valence-corrected chi connectivity index (χ2v) is 7.87. The molecule has 1 aromatic rings. The molecule has 1 aliphatic rings. The molecule has 108 valence electrons. The number of thiazole rings is 1. The highest BCUT2D eigenvalue weighted by Crippen LogP contribution is 2.21. The van der Waals surface area contributed by atoms with E-state index < -0.39 is 10.0 Å². The summed E-state index contributed by atoms with van der Waals surface area (Å²) in [6.45, 7) is 5.10. The van der Waals surface area contributed by atoms with Gasteiger partial charge in [0.15, 0.2) is 5.13 Å². The van der Waals surface area contributed by atoms with Crippen molar-refractivity contribution in [2.24, 2.45) is 0 Å². The predicted molar refractivity (Wildman–Crippen MR) is 79.1 cm³/mol. The predicted octanol–water partition coefficient (Wildman–Crippen LogP) is 2.07. The van der Waals surface area contributed by atoms with Crippen molar-refractivity contribution in [3.8, 4) is 0 Å². The van der Waals surface area contributed by atoms with E-state index in [2.05, 4.69) is 10.3 Å². The molecule has 0 saturated carbocycles. The Morgan fingerprint density at radius 3 is 2.68 bits per heavy atom. The van der Waals surface area contributed by atoms with Crippen LogP contribution in [-0.4, -0.2) is 42.6 Å². The highest BCUT2D eigenvalue weighted by molar-refractivity contribution is 7.89. The second-order valence-electron chi connectivity index (χ2n) is 4.93. The van der Waals surface area contributed by atoms with Crippen LogP contribution in [0, 0.1) is 6.92 Å². The van der Waals surface area contributed by atoms with Gasteiger partial charge in [0.2, 0.25) is 10.0 Å². The first-order chi connectivity index (χ1) is 9.01. The Kier molecular flexibility index (Phi) is 4.81. The van der Waals surface area contributed by atoms with E-state index in [0.29, 0.717) is 25.6 Å². The first-order valence-corrected chi connectivity index (χ1v) is 9.16. The number of nitrogens with one attached hydrogen (secondary N) is 1. The average Bonchev–Trinajstić information content (AvgIpc) is 2.75. The molecule has 1 N–H and O–H groups in total. The van der Waals surface area contributed by atoms with Gasteiger partial charge in [-0.2, -0.15) is 0 Å². The molecule has 0 unspecified atom stereocenters. The van der Waals surface area contributed by atoms with E-state index in [4.69, 9.17) is 0 Å². The number of hydrogen-bond acceptors (Lipinski definition) is 5. The third-order valence-corrected chi connectivity index (χ3v) is 6.22. The van der Waals surface area contributed by atoms with Crippen molar-refractivity contribution in [1.29, 1.82) is 0 Å². The monoisotopic (exact) mass is 303 g/mol. The molecule has 2 heterocycles. The lowest BCUT2D eigenvalue weighted by Gasteiger charge is -2.31. The fourth-order valence-electron chi connectivity index (χ4n) is 2.26. The van der Waals surface area contributed by atoms with Crippen LogP contribution in [-0.2, 0) is 10.0 Å². The topological polar surface area (TPSA) is 62.3 Å². The minimum atomic E-state index is -3.03. The largest absolute Gasteiger partial charge is 0.359 e. The number of sulfonamides is 1. The van der Waals surface area contributed by atoms with Gasteiger partial charge in [-0.1, -0.05) is 6.92 Å². The first-order valence-electron chi connectivity index (χ1n) is 6.68. The first kappa shape index (κ1) is 14.7. The number of nitrogens with zero attached hydrogens (tertiary/aromatic N) is 2. The van der Waals surface area contributed by atoms with Crippen LogP contribution in [0.15, 0.2) is 5.38 Å². The van der Waals surface area contributed by atoms with Crippen LogP contribution in [0.3, 0.4) is 0 Å². The average molecular weight is 303 g/mol. The minimum absolute atomic E-state index is 0.261. The van der Waals surface area contributed by atoms with Gasteiger partial charge in [-0.05, 0) is 26.2 Å². The molecular weight excluding hydrogens is 282 g/mol. The van der Waals surface area contributed by atoms with Gasteiger partial charge < -0.3 is 5.32 Å². The summed E-state index contributed by atoms with van der Waals surface area (Å²) in [6.07, 6.45) is 2.38. The third-order valence-electron chi connectivity index (χ3n) is 3.26. The molecule has 1 aliphatic heterocycles. The Labute approximate surface area is 119 Å². The standard InChI is InChI=1S/C12H21N3O2S2/c1-3-8-19(16,17)15-6-4-11(5-7-15)14-12-13-10(2)9-18-12/h9,11H,3-8H2,1-2H3,(H,13,14). The molecule has 1 fully saturated rings. The molecule has 0 bridgehead atoms. The molecule has 7 heteroatoms. The molecular formula is C12H21N3O2S2. The number of aryl methyl sites for hydroxylation is 1. The van der Waals surface area contributed by atoms with E-state index in [9.17, 15) is 8.42 Å². The zero-order valence-corrected chi connectivity index (χ0v) is 13.1. The highest BCUT2D eigenvalue weighted by atomic mass is 32.2. The van der Waals surface area contributed by atoms with Crippen LogP contribution in [0.2, 0.25) is 0 Å². The Bertz CT molecular complexity index is 505. The maximum atomic E-state index is 11.9. The van der Waals surface area contributed by atoms with Gasteiger partial charge >= 0.3 is 0 Å². The summed E-state index contributed by atoms with van der Waals surface area (Å²) in [5.74, 6) is 0.261. The lowest BCUT2D eigenvalue weighted by atomic mass is 10.1. The molecule has 0 aromatic carbocycles. The van der Waals surface area contributed by atoms with Gasteiger partial charge in [0, 0.05) is 24.5 Å². The molecule has 2 rings (SSSR count). The van der Waals surface area contributed by atoms with Crippen molar-refractivity contribution in [3.05, 3.63) is 11.1 Å². The quantitative estimate of drug-likeness (QED) is 0.904.